The van der Waals surface area contributed by atoms with Crippen LogP contribution in [0.1, 0.15) is 11.1 Å². The first kappa shape index (κ1) is 20.5. The normalized spacial score (nSPS) is 18.3. The summed E-state index contributed by atoms with van der Waals surface area (Å²) in [5.41, 5.74) is 1.41. The molecule has 0 saturated carbocycles. The molecule has 1 saturated heterocycles. The SMILES string of the molecule is CN1CCN(S(=O)(=O)c2ccc(SCc3cc(F)cc4c3OCOC4)nc2)CC1. The Morgan fingerprint density at radius 1 is 1.21 bits per heavy atom. The summed E-state index contributed by atoms with van der Waals surface area (Å²) >= 11 is 1.40. The summed E-state index contributed by atoms with van der Waals surface area (Å²) in [6.45, 7) is 2.85. The predicted molar refractivity (Wildman–Crippen MR) is 107 cm³/mol. The minimum absolute atomic E-state index is 0.146. The van der Waals surface area contributed by atoms with Crippen LogP contribution in [0.25, 0.3) is 0 Å². The van der Waals surface area contributed by atoms with Crippen LogP contribution in [0.5, 0.6) is 5.75 Å². The van der Waals surface area contributed by atoms with Crippen molar-refractivity contribution in [3.8, 4) is 5.75 Å². The molecule has 7 nitrogen and oxygen atoms in total. The number of benzene rings is 1. The lowest BCUT2D eigenvalue weighted by Gasteiger charge is -2.31. The van der Waals surface area contributed by atoms with Gasteiger partial charge >= 0.3 is 0 Å². The largest absolute Gasteiger partial charge is 0.467 e. The Kier molecular flexibility index (Phi) is 6.07. The second-order valence-corrected chi connectivity index (χ2v) is 9.93. The zero-order chi connectivity index (χ0) is 20.4. The molecular weight excluding hydrogens is 417 g/mol. The van der Waals surface area contributed by atoms with E-state index in [4.69, 9.17) is 9.47 Å². The quantitative estimate of drug-likeness (QED) is 0.662. The molecule has 1 aromatic heterocycles. The number of likely N-dealkylation sites (N-methyl/N-ethyl adjacent to an activating group) is 1. The Morgan fingerprint density at radius 2 is 2.00 bits per heavy atom. The lowest BCUT2D eigenvalue weighted by atomic mass is 10.1. The number of hydrogen-bond acceptors (Lipinski definition) is 7. The van der Waals surface area contributed by atoms with Crippen LogP contribution in [-0.4, -0.2) is 62.6 Å². The van der Waals surface area contributed by atoms with Crippen molar-refractivity contribution in [1.29, 1.82) is 0 Å². The van der Waals surface area contributed by atoms with Crippen LogP contribution in [0.4, 0.5) is 4.39 Å². The van der Waals surface area contributed by atoms with E-state index in [1.165, 1.54) is 34.4 Å². The molecule has 0 N–H and O–H groups in total. The first-order valence-electron chi connectivity index (χ1n) is 9.23. The van der Waals surface area contributed by atoms with Crippen LogP contribution in [0, 0.1) is 5.82 Å². The number of rotatable bonds is 5. The van der Waals surface area contributed by atoms with Crippen molar-refractivity contribution in [3.63, 3.8) is 0 Å². The maximum atomic E-state index is 13.9. The van der Waals surface area contributed by atoms with Crippen molar-refractivity contribution < 1.29 is 22.3 Å². The van der Waals surface area contributed by atoms with Gasteiger partial charge in [-0.3, -0.25) is 0 Å². The maximum absolute atomic E-state index is 13.9. The Labute approximate surface area is 173 Å². The predicted octanol–water partition coefficient (Wildman–Crippen LogP) is 2.32. The molecule has 3 heterocycles. The van der Waals surface area contributed by atoms with E-state index in [0.717, 1.165) is 5.56 Å². The van der Waals surface area contributed by atoms with Gasteiger partial charge in [0.05, 0.1) is 11.6 Å². The van der Waals surface area contributed by atoms with Crippen LogP contribution in [0.3, 0.4) is 0 Å². The second kappa shape index (κ2) is 8.57. The monoisotopic (exact) mass is 439 g/mol. The lowest BCUT2D eigenvalue weighted by molar-refractivity contribution is -0.0171. The smallest absolute Gasteiger partial charge is 0.244 e. The summed E-state index contributed by atoms with van der Waals surface area (Å²) in [5, 5.41) is 0.660. The van der Waals surface area contributed by atoms with E-state index in [0.29, 0.717) is 54.9 Å². The molecule has 0 spiro atoms. The minimum Gasteiger partial charge on any atom is -0.467 e. The highest BCUT2D eigenvalue weighted by Gasteiger charge is 2.27. The van der Waals surface area contributed by atoms with E-state index in [-0.39, 0.29) is 17.5 Å². The van der Waals surface area contributed by atoms with E-state index in [1.807, 2.05) is 7.05 Å². The molecular formula is C19H22FN3O4S2. The zero-order valence-electron chi connectivity index (χ0n) is 16.0. The van der Waals surface area contributed by atoms with Crippen LogP contribution < -0.4 is 4.74 Å². The third-order valence-electron chi connectivity index (χ3n) is 4.94. The van der Waals surface area contributed by atoms with Gasteiger partial charge in [0.1, 0.15) is 16.5 Å². The number of nitrogens with zero attached hydrogens (tertiary/aromatic N) is 3. The summed E-state index contributed by atoms with van der Waals surface area (Å²) in [6, 6.07) is 6.12. The average molecular weight is 440 g/mol. The summed E-state index contributed by atoms with van der Waals surface area (Å²) in [7, 11) is -1.56. The minimum atomic E-state index is -3.54. The van der Waals surface area contributed by atoms with E-state index < -0.39 is 10.0 Å². The third kappa shape index (κ3) is 4.56. The molecule has 1 aromatic carbocycles. The molecule has 1 fully saturated rings. The molecule has 0 amide bonds. The number of thioether (sulfide) groups is 1. The molecule has 0 bridgehead atoms. The summed E-state index contributed by atoms with van der Waals surface area (Å²) in [4.78, 5) is 6.58. The van der Waals surface area contributed by atoms with E-state index in [1.54, 1.807) is 12.1 Å². The molecule has 2 aliphatic rings. The maximum Gasteiger partial charge on any atom is 0.244 e. The van der Waals surface area contributed by atoms with Gasteiger partial charge in [0.25, 0.3) is 0 Å². The molecule has 156 valence electrons. The molecule has 2 aromatic rings. The van der Waals surface area contributed by atoms with Gasteiger partial charge in [0.15, 0.2) is 6.79 Å². The zero-order valence-corrected chi connectivity index (χ0v) is 17.6. The number of aromatic nitrogens is 1. The van der Waals surface area contributed by atoms with Crippen molar-refractivity contribution in [3.05, 3.63) is 47.4 Å². The first-order chi connectivity index (χ1) is 13.9. The number of sulfonamides is 1. The van der Waals surface area contributed by atoms with Crippen molar-refractivity contribution >= 4 is 21.8 Å². The highest BCUT2D eigenvalue weighted by Crippen LogP contribution is 2.33. The number of fused-ring (bicyclic) bond motifs is 1. The summed E-state index contributed by atoms with van der Waals surface area (Å²) in [6.07, 6.45) is 1.39. The number of piperazine rings is 1. The fourth-order valence-electron chi connectivity index (χ4n) is 3.30. The molecule has 29 heavy (non-hydrogen) atoms. The van der Waals surface area contributed by atoms with E-state index in [9.17, 15) is 12.8 Å². The van der Waals surface area contributed by atoms with Crippen molar-refractivity contribution in [2.45, 2.75) is 22.3 Å². The molecule has 0 aliphatic carbocycles. The van der Waals surface area contributed by atoms with E-state index >= 15 is 0 Å². The van der Waals surface area contributed by atoms with Gasteiger partial charge in [0, 0.05) is 49.3 Å². The van der Waals surface area contributed by atoms with Gasteiger partial charge < -0.3 is 14.4 Å². The summed E-state index contributed by atoms with van der Waals surface area (Å²) < 4.78 is 51.6. The van der Waals surface area contributed by atoms with Gasteiger partial charge in [0.2, 0.25) is 10.0 Å². The lowest BCUT2D eigenvalue weighted by Crippen LogP contribution is -2.47. The molecule has 0 radical (unpaired) electrons. The molecule has 0 unspecified atom stereocenters. The number of pyridine rings is 1. The van der Waals surface area contributed by atoms with Gasteiger partial charge in [-0.1, -0.05) is 0 Å². The molecule has 2 aliphatic heterocycles. The van der Waals surface area contributed by atoms with Crippen molar-refractivity contribution in [2.24, 2.45) is 0 Å². The van der Waals surface area contributed by atoms with Gasteiger partial charge in [-0.05, 0) is 31.3 Å². The Bertz CT molecular complexity index is 978. The second-order valence-electron chi connectivity index (χ2n) is 6.99. The molecule has 0 atom stereocenters. The van der Waals surface area contributed by atoms with Gasteiger partial charge in [-0.25, -0.2) is 17.8 Å². The van der Waals surface area contributed by atoms with Crippen molar-refractivity contribution in [2.75, 3.05) is 40.0 Å². The van der Waals surface area contributed by atoms with E-state index in [2.05, 4.69) is 9.88 Å². The highest BCUT2D eigenvalue weighted by molar-refractivity contribution is 7.98. The number of halogens is 1. The Balaban J connectivity index is 1.45. The van der Waals surface area contributed by atoms with Crippen LogP contribution in [-0.2, 0) is 27.1 Å². The van der Waals surface area contributed by atoms with Crippen LogP contribution in [0.2, 0.25) is 0 Å². The fraction of sp³-hybridized carbons (Fsp3) is 0.421. The van der Waals surface area contributed by atoms with Crippen molar-refractivity contribution in [1.82, 2.24) is 14.2 Å². The Morgan fingerprint density at radius 3 is 2.72 bits per heavy atom. The summed E-state index contributed by atoms with van der Waals surface area (Å²) in [5.74, 6) is 0.770. The standard InChI is InChI=1S/C19H22FN3O4S2/c1-22-4-6-23(7-5-22)29(24,25)17-2-3-18(21-10-17)28-12-15-9-16(20)8-14-11-26-13-27-19(14)15/h2-3,8-10H,4-7,11-13H2,1H3. The first-order valence-corrected chi connectivity index (χ1v) is 11.7. The number of ether oxygens (including phenoxy) is 2. The highest BCUT2D eigenvalue weighted by atomic mass is 32.2. The molecule has 10 heteroatoms. The van der Waals surface area contributed by atoms with Gasteiger partial charge in [-0.2, -0.15) is 4.31 Å². The Hall–Kier alpha value is -1.72. The number of hydrogen-bond donors (Lipinski definition) is 0. The van der Waals surface area contributed by atoms with Crippen LogP contribution >= 0.6 is 11.8 Å². The topological polar surface area (TPSA) is 72.0 Å². The third-order valence-corrected chi connectivity index (χ3v) is 7.81. The fourth-order valence-corrected chi connectivity index (χ4v) is 5.48. The molecule has 4 rings (SSSR count). The van der Waals surface area contributed by atoms with Gasteiger partial charge in [-0.15, -0.1) is 11.8 Å². The van der Waals surface area contributed by atoms with Crippen LogP contribution in [0.15, 0.2) is 40.4 Å². The average Bonchev–Trinajstić information content (AvgIpc) is 2.72.